The van der Waals surface area contributed by atoms with Crippen LogP contribution in [0.4, 0.5) is 0 Å². The van der Waals surface area contributed by atoms with Crippen molar-refractivity contribution in [1.82, 2.24) is 0 Å². The van der Waals surface area contributed by atoms with Crippen LogP contribution in [0.1, 0.15) is 50.7 Å². The molecule has 0 amide bonds. The van der Waals surface area contributed by atoms with Crippen LogP contribution in [0.3, 0.4) is 0 Å². The van der Waals surface area contributed by atoms with Crippen molar-refractivity contribution in [3.05, 3.63) is 65.7 Å². The summed E-state index contributed by atoms with van der Waals surface area (Å²) in [5.74, 6) is 1.51. The van der Waals surface area contributed by atoms with E-state index >= 15 is 0 Å². The van der Waals surface area contributed by atoms with E-state index in [1.165, 1.54) is 0 Å². The molecule has 1 aliphatic carbocycles. The first-order valence-corrected chi connectivity index (χ1v) is 14.2. The Morgan fingerprint density at radius 2 is 1.35 bits per heavy atom. The third-order valence-corrected chi connectivity index (χ3v) is 9.27. The Morgan fingerprint density at radius 1 is 0.824 bits per heavy atom. The quantitative estimate of drug-likeness (QED) is 0.228. The average Bonchev–Trinajstić information content (AvgIpc) is 2.83. The van der Waals surface area contributed by atoms with Crippen LogP contribution < -0.4 is 9.47 Å². The molecule has 0 aromatic heterocycles. The normalized spacial score (nSPS) is 18.0. The molecule has 0 spiro atoms. The standard InChI is InChI=1S/C28H33ClO4S/c1-3-5-12-32-26-17-21-14-20-16-25(29)28(34(30,31)24-10-8-7-9-11-24)19-23(20)15-22(21)18-27(26)33-13-6-4-2/h7-11,14-15,17-18,25,28H,3-6,12-13,16,19H2,1-2H3/t25-,28-/m1/s1. The van der Waals surface area contributed by atoms with Crippen LogP contribution in [0, 0.1) is 0 Å². The summed E-state index contributed by atoms with van der Waals surface area (Å²) >= 11 is 6.68. The Labute approximate surface area is 208 Å². The van der Waals surface area contributed by atoms with E-state index in [4.69, 9.17) is 21.1 Å². The van der Waals surface area contributed by atoms with E-state index in [-0.39, 0.29) is 0 Å². The van der Waals surface area contributed by atoms with Gasteiger partial charge < -0.3 is 9.47 Å². The van der Waals surface area contributed by atoms with Crippen LogP contribution in [0.5, 0.6) is 11.5 Å². The van der Waals surface area contributed by atoms with Crippen molar-refractivity contribution in [2.75, 3.05) is 13.2 Å². The van der Waals surface area contributed by atoms with Gasteiger partial charge in [-0.3, -0.25) is 0 Å². The number of fused-ring (bicyclic) bond motifs is 2. The number of rotatable bonds is 10. The minimum Gasteiger partial charge on any atom is -0.490 e. The van der Waals surface area contributed by atoms with Gasteiger partial charge in [0.15, 0.2) is 21.3 Å². The van der Waals surface area contributed by atoms with Crippen molar-refractivity contribution in [2.45, 2.75) is 67.9 Å². The van der Waals surface area contributed by atoms with E-state index in [1.807, 2.05) is 18.2 Å². The number of benzene rings is 3. The molecule has 1 aliphatic rings. The molecule has 4 nitrogen and oxygen atoms in total. The zero-order valence-corrected chi connectivity index (χ0v) is 21.5. The summed E-state index contributed by atoms with van der Waals surface area (Å²) in [6.45, 7) is 5.57. The molecule has 0 saturated heterocycles. The van der Waals surface area contributed by atoms with Crippen molar-refractivity contribution >= 4 is 32.2 Å². The molecule has 3 aromatic rings. The summed E-state index contributed by atoms with van der Waals surface area (Å²) in [5, 5.41) is 0.948. The molecular weight excluding hydrogens is 468 g/mol. The largest absolute Gasteiger partial charge is 0.490 e. The maximum absolute atomic E-state index is 13.3. The fourth-order valence-electron chi connectivity index (χ4n) is 4.44. The highest BCUT2D eigenvalue weighted by Gasteiger charge is 2.37. The summed E-state index contributed by atoms with van der Waals surface area (Å²) in [7, 11) is -3.53. The van der Waals surface area contributed by atoms with Crippen molar-refractivity contribution in [1.29, 1.82) is 0 Å². The Morgan fingerprint density at radius 3 is 1.88 bits per heavy atom. The molecule has 2 atom stereocenters. The van der Waals surface area contributed by atoms with Gasteiger partial charge in [0.2, 0.25) is 0 Å². The molecule has 3 aromatic carbocycles. The smallest absolute Gasteiger partial charge is 0.183 e. The number of hydrogen-bond acceptors (Lipinski definition) is 4. The maximum atomic E-state index is 13.3. The topological polar surface area (TPSA) is 52.6 Å². The van der Waals surface area contributed by atoms with Crippen LogP contribution in [0.25, 0.3) is 10.8 Å². The van der Waals surface area contributed by atoms with Gasteiger partial charge in [-0.15, -0.1) is 11.6 Å². The van der Waals surface area contributed by atoms with Gasteiger partial charge in [-0.2, -0.15) is 0 Å². The second-order valence-corrected chi connectivity index (χ2v) is 11.7. The first-order valence-electron chi connectivity index (χ1n) is 12.2. The molecule has 0 bridgehead atoms. The number of ether oxygens (including phenoxy) is 2. The van der Waals surface area contributed by atoms with Gasteiger partial charge in [-0.1, -0.05) is 57.0 Å². The predicted octanol–water partition coefficient (Wildman–Crippen LogP) is 6.75. The number of alkyl halides is 1. The van der Waals surface area contributed by atoms with Crippen molar-refractivity contribution in [3.63, 3.8) is 0 Å². The lowest BCUT2D eigenvalue weighted by Gasteiger charge is -2.29. The maximum Gasteiger partial charge on any atom is 0.183 e. The molecule has 0 aliphatic heterocycles. The van der Waals surface area contributed by atoms with Gasteiger partial charge >= 0.3 is 0 Å². The third-order valence-electron chi connectivity index (χ3n) is 6.44. The minimum absolute atomic E-state index is 0.329. The first-order chi connectivity index (χ1) is 16.4. The monoisotopic (exact) mass is 500 g/mol. The predicted molar refractivity (Wildman–Crippen MR) is 139 cm³/mol. The summed E-state index contributed by atoms with van der Waals surface area (Å²) in [6.07, 6.45) is 5.01. The lowest BCUT2D eigenvalue weighted by atomic mass is 9.88. The third kappa shape index (κ3) is 5.36. The Balaban J connectivity index is 1.68. The van der Waals surface area contributed by atoms with Gasteiger partial charge in [0.25, 0.3) is 0 Å². The fraction of sp³-hybridized carbons (Fsp3) is 0.429. The van der Waals surface area contributed by atoms with Crippen LogP contribution in [-0.4, -0.2) is 32.3 Å². The van der Waals surface area contributed by atoms with Crippen molar-refractivity contribution < 1.29 is 17.9 Å². The molecule has 6 heteroatoms. The van der Waals surface area contributed by atoms with E-state index in [2.05, 4.69) is 26.0 Å². The van der Waals surface area contributed by atoms with Gasteiger partial charge in [0.05, 0.1) is 28.7 Å². The molecule has 0 N–H and O–H groups in total. The highest BCUT2D eigenvalue weighted by molar-refractivity contribution is 7.92. The summed E-state index contributed by atoms with van der Waals surface area (Å²) in [4.78, 5) is 0.329. The number of halogens is 1. The Kier molecular flexibility index (Phi) is 8.05. The SMILES string of the molecule is CCCCOc1cc2cc3c(cc2cc1OCCCC)C[C@@H](S(=O)(=O)c1ccccc1)[C@H](Cl)C3. The summed E-state index contributed by atoms with van der Waals surface area (Å²) < 4.78 is 38.8. The second kappa shape index (κ2) is 11.0. The van der Waals surface area contributed by atoms with Crippen LogP contribution in [-0.2, 0) is 22.7 Å². The zero-order valence-electron chi connectivity index (χ0n) is 19.9. The summed E-state index contributed by atoms with van der Waals surface area (Å²) in [6, 6.07) is 16.9. The molecule has 0 unspecified atom stereocenters. The number of sulfone groups is 1. The molecule has 0 fully saturated rings. The highest BCUT2D eigenvalue weighted by Crippen LogP contribution is 2.38. The lowest BCUT2D eigenvalue weighted by molar-refractivity contribution is 0.262. The summed E-state index contributed by atoms with van der Waals surface area (Å²) in [5.41, 5.74) is 2.14. The molecule has 0 saturated carbocycles. The number of unbranched alkanes of at least 4 members (excludes halogenated alkanes) is 2. The minimum atomic E-state index is -3.53. The van der Waals surface area contributed by atoms with Gasteiger partial charge in [-0.05, 0) is 71.8 Å². The second-order valence-electron chi connectivity index (χ2n) is 8.99. The Hall–Kier alpha value is -2.24. The average molecular weight is 501 g/mol. The van der Waals surface area contributed by atoms with Gasteiger partial charge in [-0.25, -0.2) is 8.42 Å². The van der Waals surface area contributed by atoms with E-state index < -0.39 is 20.5 Å². The first kappa shape index (κ1) is 24.9. The van der Waals surface area contributed by atoms with Gasteiger partial charge in [0, 0.05) is 0 Å². The number of hydrogen-bond donors (Lipinski definition) is 0. The molecule has 182 valence electrons. The molecule has 4 rings (SSSR count). The van der Waals surface area contributed by atoms with E-state index in [9.17, 15) is 8.42 Å². The fourth-order valence-corrected chi connectivity index (χ4v) is 6.87. The molecular formula is C28H33ClO4S. The van der Waals surface area contributed by atoms with Crippen LogP contribution >= 0.6 is 11.6 Å². The molecule has 0 radical (unpaired) electrons. The van der Waals surface area contributed by atoms with E-state index in [1.54, 1.807) is 24.3 Å². The molecule has 0 heterocycles. The van der Waals surface area contributed by atoms with Crippen molar-refractivity contribution in [2.24, 2.45) is 0 Å². The Bertz CT molecular complexity index is 1220. The van der Waals surface area contributed by atoms with Gasteiger partial charge in [0.1, 0.15) is 0 Å². The van der Waals surface area contributed by atoms with Crippen LogP contribution in [0.2, 0.25) is 0 Å². The van der Waals surface area contributed by atoms with Crippen molar-refractivity contribution in [3.8, 4) is 11.5 Å². The van der Waals surface area contributed by atoms with Crippen LogP contribution in [0.15, 0.2) is 59.5 Å². The molecule has 34 heavy (non-hydrogen) atoms. The zero-order chi connectivity index (χ0) is 24.1. The highest BCUT2D eigenvalue weighted by atomic mass is 35.5. The van der Waals surface area contributed by atoms with E-state index in [0.717, 1.165) is 59.1 Å². The lowest BCUT2D eigenvalue weighted by Crippen LogP contribution is -2.37. The van der Waals surface area contributed by atoms with E-state index in [0.29, 0.717) is 31.0 Å².